The minimum atomic E-state index is -0.245. The van der Waals surface area contributed by atoms with Gasteiger partial charge in [-0.3, -0.25) is 9.59 Å². The normalized spacial score (nSPS) is 14.2. The largest absolute Gasteiger partial charge is 0.366 e. The summed E-state index contributed by atoms with van der Waals surface area (Å²) in [5, 5.41) is 6.78. The van der Waals surface area contributed by atoms with Gasteiger partial charge in [-0.25, -0.2) is 15.1 Å². The van der Waals surface area contributed by atoms with Crippen LogP contribution >= 0.6 is 0 Å². The molecule has 0 spiro atoms. The second kappa shape index (κ2) is 7.59. The van der Waals surface area contributed by atoms with E-state index in [0.717, 1.165) is 16.9 Å². The predicted molar refractivity (Wildman–Crippen MR) is 105 cm³/mol. The lowest BCUT2D eigenvalue weighted by molar-refractivity contribution is 0.0746. The number of anilines is 1. The maximum Gasteiger partial charge on any atom is 0.266 e. The molecular weight excluding hydrogens is 356 g/mol. The van der Waals surface area contributed by atoms with E-state index < -0.39 is 0 Å². The molecule has 1 amide bonds. The molecule has 3 heterocycles. The zero-order chi connectivity index (χ0) is 19.5. The van der Waals surface area contributed by atoms with Crippen LogP contribution in [0.1, 0.15) is 16.2 Å². The Morgan fingerprint density at radius 2 is 1.71 bits per heavy atom. The number of hydrogen-bond donors (Lipinski definition) is 1. The smallest absolute Gasteiger partial charge is 0.266 e. The van der Waals surface area contributed by atoms with Crippen LogP contribution in [0, 0.1) is 6.92 Å². The molecule has 1 saturated heterocycles. The fraction of sp³-hybridized carbons (Fsp3) is 0.250. The van der Waals surface area contributed by atoms with Gasteiger partial charge in [0.15, 0.2) is 0 Å². The molecule has 0 saturated carbocycles. The highest BCUT2D eigenvalue weighted by molar-refractivity contribution is 5.93. The van der Waals surface area contributed by atoms with Gasteiger partial charge >= 0.3 is 0 Å². The van der Waals surface area contributed by atoms with Crippen LogP contribution in [-0.4, -0.2) is 57.2 Å². The number of aromatic nitrogens is 4. The zero-order valence-corrected chi connectivity index (χ0v) is 15.5. The van der Waals surface area contributed by atoms with Crippen molar-refractivity contribution in [2.75, 3.05) is 31.1 Å². The third kappa shape index (κ3) is 3.62. The van der Waals surface area contributed by atoms with Gasteiger partial charge in [-0.1, -0.05) is 30.3 Å². The number of amides is 1. The van der Waals surface area contributed by atoms with Crippen molar-refractivity contribution < 1.29 is 4.79 Å². The van der Waals surface area contributed by atoms with Gasteiger partial charge in [0.1, 0.15) is 11.5 Å². The van der Waals surface area contributed by atoms with Crippen LogP contribution in [0.3, 0.4) is 0 Å². The molecule has 0 aliphatic carbocycles. The Hall–Kier alpha value is -3.55. The van der Waals surface area contributed by atoms with Gasteiger partial charge in [-0.2, -0.15) is 5.10 Å². The molecule has 1 aromatic carbocycles. The standard InChI is InChI=1S/C20H20N6O2/c1-14-21-12-16(13-22-14)20(28)26-9-7-25(8-10-26)17-11-18(27)23-24-19(17)15-5-3-2-4-6-15/h2-6,11-13H,7-10H2,1H3,(H,23,27). The first kappa shape index (κ1) is 17.8. The van der Waals surface area contributed by atoms with Crippen molar-refractivity contribution in [1.29, 1.82) is 0 Å². The Morgan fingerprint density at radius 3 is 2.39 bits per heavy atom. The van der Waals surface area contributed by atoms with E-state index in [2.05, 4.69) is 25.1 Å². The van der Waals surface area contributed by atoms with E-state index in [1.165, 1.54) is 0 Å². The number of piperazine rings is 1. The van der Waals surface area contributed by atoms with Gasteiger partial charge in [0.25, 0.3) is 11.5 Å². The first-order chi connectivity index (χ1) is 13.6. The topological polar surface area (TPSA) is 95.1 Å². The number of carbonyl (C=O) groups excluding carboxylic acids is 1. The summed E-state index contributed by atoms with van der Waals surface area (Å²) in [4.78, 5) is 36.6. The van der Waals surface area contributed by atoms with Gasteiger partial charge in [-0.15, -0.1) is 0 Å². The first-order valence-corrected chi connectivity index (χ1v) is 9.10. The zero-order valence-electron chi connectivity index (χ0n) is 15.5. The summed E-state index contributed by atoms with van der Waals surface area (Å²) in [5.74, 6) is 0.559. The third-order valence-corrected chi connectivity index (χ3v) is 4.77. The molecular formula is C20H20N6O2. The molecule has 142 valence electrons. The third-order valence-electron chi connectivity index (χ3n) is 4.77. The number of H-pyrrole nitrogens is 1. The van der Waals surface area contributed by atoms with E-state index in [-0.39, 0.29) is 11.5 Å². The van der Waals surface area contributed by atoms with Crippen LogP contribution in [0.15, 0.2) is 53.6 Å². The Labute approximate surface area is 161 Å². The molecule has 1 fully saturated rings. The number of rotatable bonds is 3. The average Bonchev–Trinajstić information content (AvgIpc) is 2.74. The quantitative estimate of drug-likeness (QED) is 0.744. The number of benzene rings is 1. The molecule has 1 aliphatic rings. The fourth-order valence-electron chi connectivity index (χ4n) is 3.28. The highest BCUT2D eigenvalue weighted by Crippen LogP contribution is 2.27. The molecule has 0 atom stereocenters. The van der Waals surface area contributed by atoms with Crippen molar-refractivity contribution in [3.8, 4) is 11.3 Å². The van der Waals surface area contributed by atoms with Crippen molar-refractivity contribution in [3.63, 3.8) is 0 Å². The van der Waals surface area contributed by atoms with Crippen LogP contribution in [0.25, 0.3) is 11.3 Å². The van der Waals surface area contributed by atoms with Crippen LogP contribution in [0.4, 0.5) is 5.69 Å². The monoisotopic (exact) mass is 376 g/mol. The van der Waals surface area contributed by atoms with Crippen LogP contribution in [0.5, 0.6) is 0 Å². The molecule has 8 heteroatoms. The van der Waals surface area contributed by atoms with E-state index >= 15 is 0 Å². The molecule has 0 bridgehead atoms. The molecule has 4 rings (SSSR count). The number of aromatic amines is 1. The van der Waals surface area contributed by atoms with Crippen molar-refractivity contribution in [3.05, 3.63) is 70.5 Å². The lowest BCUT2D eigenvalue weighted by Crippen LogP contribution is -2.49. The molecule has 3 aromatic rings. The van der Waals surface area contributed by atoms with Gasteiger partial charge in [-0.05, 0) is 6.92 Å². The van der Waals surface area contributed by atoms with Crippen molar-refractivity contribution in [2.45, 2.75) is 6.92 Å². The van der Waals surface area contributed by atoms with E-state index in [1.807, 2.05) is 30.3 Å². The minimum Gasteiger partial charge on any atom is -0.366 e. The molecule has 1 N–H and O–H groups in total. The van der Waals surface area contributed by atoms with Crippen molar-refractivity contribution in [1.82, 2.24) is 25.1 Å². The second-order valence-electron chi connectivity index (χ2n) is 6.63. The molecule has 0 radical (unpaired) electrons. The van der Waals surface area contributed by atoms with Gasteiger partial charge in [0, 0.05) is 50.2 Å². The average molecular weight is 376 g/mol. The maximum atomic E-state index is 12.7. The van der Waals surface area contributed by atoms with Crippen LogP contribution in [-0.2, 0) is 0 Å². The number of carbonyl (C=O) groups is 1. The van der Waals surface area contributed by atoms with Gasteiger partial charge < -0.3 is 9.80 Å². The summed E-state index contributed by atoms with van der Waals surface area (Å²) in [7, 11) is 0. The summed E-state index contributed by atoms with van der Waals surface area (Å²) in [6.07, 6.45) is 3.12. The Balaban J connectivity index is 1.53. The van der Waals surface area contributed by atoms with Gasteiger partial charge in [0.05, 0.1) is 11.3 Å². The van der Waals surface area contributed by atoms with Crippen molar-refractivity contribution in [2.24, 2.45) is 0 Å². The Kier molecular flexibility index (Phi) is 4.84. The molecule has 1 aliphatic heterocycles. The predicted octanol–water partition coefficient (Wildman–Crippen LogP) is 1.50. The first-order valence-electron chi connectivity index (χ1n) is 9.10. The summed E-state index contributed by atoms with van der Waals surface area (Å²) in [6, 6.07) is 11.3. The molecule has 2 aromatic heterocycles. The highest BCUT2D eigenvalue weighted by atomic mass is 16.2. The number of aryl methyl sites for hydroxylation is 1. The maximum absolute atomic E-state index is 12.7. The van der Waals surface area contributed by atoms with E-state index in [4.69, 9.17) is 0 Å². The molecule has 0 unspecified atom stereocenters. The summed E-state index contributed by atoms with van der Waals surface area (Å²) < 4.78 is 0. The SMILES string of the molecule is Cc1ncc(C(=O)N2CCN(c3cc(=O)[nH]nc3-c3ccccc3)CC2)cn1. The Morgan fingerprint density at radius 1 is 1.04 bits per heavy atom. The summed E-state index contributed by atoms with van der Waals surface area (Å²) in [6.45, 7) is 4.11. The summed E-state index contributed by atoms with van der Waals surface area (Å²) in [5.41, 5.74) is 2.68. The molecule has 8 nitrogen and oxygen atoms in total. The van der Waals surface area contributed by atoms with E-state index in [1.54, 1.807) is 30.3 Å². The molecule has 28 heavy (non-hydrogen) atoms. The van der Waals surface area contributed by atoms with Gasteiger partial charge in [0.2, 0.25) is 0 Å². The number of hydrogen-bond acceptors (Lipinski definition) is 6. The number of nitrogens with zero attached hydrogens (tertiary/aromatic N) is 5. The second-order valence-corrected chi connectivity index (χ2v) is 6.63. The fourth-order valence-corrected chi connectivity index (χ4v) is 3.28. The lowest BCUT2D eigenvalue weighted by atomic mass is 10.1. The van der Waals surface area contributed by atoms with Crippen LogP contribution < -0.4 is 10.5 Å². The van der Waals surface area contributed by atoms with Crippen LogP contribution in [0.2, 0.25) is 0 Å². The summed E-state index contributed by atoms with van der Waals surface area (Å²) >= 11 is 0. The van der Waals surface area contributed by atoms with E-state index in [9.17, 15) is 9.59 Å². The minimum absolute atomic E-state index is 0.0769. The Bertz CT molecular complexity index is 1020. The number of nitrogens with one attached hydrogen (secondary N) is 1. The van der Waals surface area contributed by atoms with E-state index in [0.29, 0.717) is 37.6 Å². The lowest BCUT2D eigenvalue weighted by Gasteiger charge is -2.36. The van der Waals surface area contributed by atoms with Crippen molar-refractivity contribution >= 4 is 11.6 Å². The highest BCUT2D eigenvalue weighted by Gasteiger charge is 2.25.